The molecule has 4 nitrogen and oxygen atoms in total. The quantitative estimate of drug-likeness (QED) is 0.823. The number of hydrogen-bond acceptors (Lipinski definition) is 4. The van der Waals surface area contributed by atoms with Crippen molar-refractivity contribution in [2.75, 3.05) is 19.4 Å². The third kappa shape index (κ3) is 2.96. The molecule has 1 unspecified atom stereocenters. The normalized spacial score (nSPS) is 13.7. The third-order valence-electron chi connectivity index (χ3n) is 3.03. The Morgan fingerprint density at radius 3 is 2.65 bits per heavy atom. The highest BCUT2D eigenvalue weighted by atomic mass is 16.5. The maximum atomic E-state index is 5.98. The van der Waals surface area contributed by atoms with Crippen LogP contribution in [0.25, 0.3) is 0 Å². The number of pyridine rings is 1. The molecule has 0 amide bonds. The topological polar surface area (TPSA) is 60.2 Å². The molecule has 3 N–H and O–H groups in total. The van der Waals surface area contributed by atoms with E-state index in [1.807, 2.05) is 27.0 Å². The van der Waals surface area contributed by atoms with Crippen LogP contribution in [0.15, 0.2) is 12.3 Å². The van der Waals surface area contributed by atoms with Gasteiger partial charge in [0.15, 0.2) is 0 Å². The maximum Gasteiger partial charge on any atom is 0.128 e. The van der Waals surface area contributed by atoms with Crippen LogP contribution in [0.2, 0.25) is 0 Å². The van der Waals surface area contributed by atoms with Crippen LogP contribution in [-0.2, 0) is 4.74 Å². The SMILES string of the molecule is CCOC(C)(C)C(NC)c1c(C)ccnc1N. The zero-order chi connectivity index (χ0) is 13.1. The number of hydrogen-bond donors (Lipinski definition) is 2. The van der Waals surface area contributed by atoms with Crippen LogP contribution in [-0.4, -0.2) is 24.2 Å². The first-order chi connectivity index (χ1) is 7.94. The molecule has 1 rings (SSSR count). The summed E-state index contributed by atoms with van der Waals surface area (Å²) in [5, 5.41) is 3.28. The molecule has 0 saturated heterocycles. The van der Waals surface area contributed by atoms with Gasteiger partial charge in [0.05, 0.1) is 11.6 Å². The number of nitrogens with two attached hydrogens (primary N) is 1. The van der Waals surface area contributed by atoms with Gasteiger partial charge in [-0.25, -0.2) is 4.98 Å². The lowest BCUT2D eigenvalue weighted by molar-refractivity contribution is -0.0375. The lowest BCUT2D eigenvalue weighted by Gasteiger charge is -2.35. The fourth-order valence-electron chi connectivity index (χ4n) is 2.26. The Bertz CT molecular complexity index is 357. The van der Waals surface area contributed by atoms with Gasteiger partial charge in [0.1, 0.15) is 5.82 Å². The first-order valence-corrected chi connectivity index (χ1v) is 5.96. The van der Waals surface area contributed by atoms with Gasteiger partial charge in [0.2, 0.25) is 0 Å². The van der Waals surface area contributed by atoms with Crippen LogP contribution < -0.4 is 11.1 Å². The summed E-state index contributed by atoms with van der Waals surface area (Å²) in [4.78, 5) is 4.16. The molecule has 1 aromatic heterocycles. The monoisotopic (exact) mass is 237 g/mol. The van der Waals surface area contributed by atoms with Crippen molar-refractivity contribution < 1.29 is 4.74 Å². The van der Waals surface area contributed by atoms with Gasteiger partial charge in [-0.1, -0.05) is 0 Å². The van der Waals surface area contributed by atoms with E-state index in [4.69, 9.17) is 10.5 Å². The molecular formula is C13H23N3O. The molecule has 0 aliphatic rings. The van der Waals surface area contributed by atoms with E-state index in [1.54, 1.807) is 6.20 Å². The molecule has 0 fully saturated rings. The Hall–Kier alpha value is -1.13. The molecular weight excluding hydrogens is 214 g/mol. The predicted octanol–water partition coefficient (Wildman–Crippen LogP) is 2.05. The molecule has 0 aliphatic carbocycles. The first-order valence-electron chi connectivity index (χ1n) is 5.96. The molecule has 0 spiro atoms. The standard InChI is InChI=1S/C13H23N3O/c1-6-17-13(3,4)11(15-5)10-9(2)7-8-16-12(10)14/h7-8,11,15H,6H2,1-5H3,(H2,14,16). The number of nitrogens with one attached hydrogen (secondary N) is 1. The van der Waals surface area contributed by atoms with Gasteiger partial charge in [0.25, 0.3) is 0 Å². The lowest BCUT2D eigenvalue weighted by Crippen LogP contribution is -2.41. The van der Waals surface area contributed by atoms with E-state index in [1.165, 1.54) is 0 Å². The fourth-order valence-corrected chi connectivity index (χ4v) is 2.26. The Morgan fingerprint density at radius 1 is 1.53 bits per heavy atom. The number of aromatic nitrogens is 1. The van der Waals surface area contributed by atoms with Gasteiger partial charge in [-0.15, -0.1) is 0 Å². The lowest BCUT2D eigenvalue weighted by atomic mass is 9.89. The highest BCUT2D eigenvalue weighted by Gasteiger charge is 2.32. The average molecular weight is 237 g/mol. The van der Waals surface area contributed by atoms with Gasteiger partial charge in [-0.2, -0.15) is 0 Å². The molecule has 0 bridgehead atoms. The van der Waals surface area contributed by atoms with Crippen molar-refractivity contribution in [1.29, 1.82) is 0 Å². The summed E-state index contributed by atoms with van der Waals surface area (Å²) in [7, 11) is 1.91. The van der Waals surface area contributed by atoms with E-state index in [9.17, 15) is 0 Å². The molecule has 1 atom stereocenters. The van der Waals surface area contributed by atoms with Gasteiger partial charge in [-0.05, 0) is 46.4 Å². The summed E-state index contributed by atoms with van der Waals surface area (Å²) >= 11 is 0. The van der Waals surface area contributed by atoms with Crippen LogP contribution in [0.1, 0.15) is 37.9 Å². The number of ether oxygens (including phenoxy) is 1. The van der Waals surface area contributed by atoms with Crippen LogP contribution in [0.5, 0.6) is 0 Å². The zero-order valence-electron chi connectivity index (χ0n) is 11.4. The highest BCUT2D eigenvalue weighted by Crippen LogP contribution is 2.33. The Morgan fingerprint density at radius 2 is 2.18 bits per heavy atom. The van der Waals surface area contributed by atoms with Crippen molar-refractivity contribution in [3.05, 3.63) is 23.4 Å². The second-order valence-electron chi connectivity index (χ2n) is 4.68. The minimum absolute atomic E-state index is 0.0242. The average Bonchev–Trinajstić information content (AvgIpc) is 2.23. The third-order valence-corrected chi connectivity index (χ3v) is 3.03. The molecule has 96 valence electrons. The summed E-state index contributed by atoms with van der Waals surface area (Å²) in [6, 6.07) is 1.99. The number of aryl methyl sites for hydroxylation is 1. The van der Waals surface area contributed by atoms with Gasteiger partial charge in [-0.3, -0.25) is 0 Å². The molecule has 1 aromatic rings. The minimum atomic E-state index is -0.328. The molecule has 0 aromatic carbocycles. The number of rotatable bonds is 5. The van der Waals surface area contributed by atoms with Crippen molar-refractivity contribution >= 4 is 5.82 Å². The largest absolute Gasteiger partial charge is 0.383 e. The molecule has 0 radical (unpaired) electrons. The number of anilines is 1. The van der Waals surface area contributed by atoms with Crippen LogP contribution in [0, 0.1) is 6.92 Å². The summed E-state index contributed by atoms with van der Waals surface area (Å²) in [6.07, 6.45) is 1.73. The zero-order valence-corrected chi connectivity index (χ0v) is 11.4. The number of nitrogens with zero attached hydrogens (tertiary/aromatic N) is 1. The van der Waals surface area contributed by atoms with E-state index in [2.05, 4.69) is 24.1 Å². The van der Waals surface area contributed by atoms with E-state index in [0.29, 0.717) is 12.4 Å². The first kappa shape index (κ1) is 13.9. The highest BCUT2D eigenvalue weighted by molar-refractivity contribution is 5.47. The molecule has 17 heavy (non-hydrogen) atoms. The van der Waals surface area contributed by atoms with Crippen molar-refractivity contribution in [2.45, 2.75) is 39.3 Å². The van der Waals surface area contributed by atoms with E-state index in [0.717, 1.165) is 11.1 Å². The summed E-state index contributed by atoms with van der Waals surface area (Å²) in [6.45, 7) is 8.82. The van der Waals surface area contributed by atoms with Gasteiger partial charge < -0.3 is 15.8 Å². The van der Waals surface area contributed by atoms with E-state index in [-0.39, 0.29) is 11.6 Å². The second-order valence-corrected chi connectivity index (χ2v) is 4.68. The predicted molar refractivity (Wildman–Crippen MR) is 70.9 cm³/mol. The van der Waals surface area contributed by atoms with Gasteiger partial charge >= 0.3 is 0 Å². The molecule has 0 aliphatic heterocycles. The fraction of sp³-hybridized carbons (Fsp3) is 0.615. The van der Waals surface area contributed by atoms with Crippen LogP contribution in [0.4, 0.5) is 5.82 Å². The minimum Gasteiger partial charge on any atom is -0.383 e. The summed E-state index contributed by atoms with van der Waals surface area (Å²) in [5.41, 5.74) is 7.81. The van der Waals surface area contributed by atoms with Gasteiger partial charge in [0, 0.05) is 18.4 Å². The summed E-state index contributed by atoms with van der Waals surface area (Å²) in [5.74, 6) is 0.567. The second kappa shape index (κ2) is 5.47. The van der Waals surface area contributed by atoms with Crippen molar-refractivity contribution in [2.24, 2.45) is 0 Å². The Labute approximate surface area is 104 Å². The molecule has 0 saturated carbocycles. The maximum absolute atomic E-state index is 5.98. The van der Waals surface area contributed by atoms with Crippen molar-refractivity contribution in [3.63, 3.8) is 0 Å². The number of likely N-dealkylation sites (N-methyl/N-ethyl adjacent to an activating group) is 1. The van der Waals surface area contributed by atoms with Crippen LogP contribution >= 0.6 is 0 Å². The Kier molecular flexibility index (Phi) is 4.48. The number of nitrogen functional groups attached to an aromatic ring is 1. The molecule has 1 heterocycles. The van der Waals surface area contributed by atoms with Crippen molar-refractivity contribution in [3.8, 4) is 0 Å². The molecule has 4 heteroatoms. The summed E-state index contributed by atoms with van der Waals surface area (Å²) < 4.78 is 5.80. The smallest absolute Gasteiger partial charge is 0.128 e. The van der Waals surface area contributed by atoms with Crippen molar-refractivity contribution in [1.82, 2.24) is 10.3 Å². The van der Waals surface area contributed by atoms with E-state index < -0.39 is 0 Å². The van der Waals surface area contributed by atoms with Crippen LogP contribution in [0.3, 0.4) is 0 Å². The Balaban J connectivity index is 3.18. The van der Waals surface area contributed by atoms with E-state index >= 15 is 0 Å².